The molecule has 0 amide bonds. The first-order valence-electron chi connectivity index (χ1n) is 4.84. The van der Waals surface area contributed by atoms with Crippen molar-refractivity contribution in [2.75, 3.05) is 33.4 Å². The van der Waals surface area contributed by atoms with E-state index in [1.807, 2.05) is 7.05 Å². The molecule has 1 aromatic rings. The van der Waals surface area contributed by atoms with Crippen molar-refractivity contribution < 1.29 is 14.6 Å². The fraction of sp³-hybridized carbons (Fsp3) is 0.500. The summed E-state index contributed by atoms with van der Waals surface area (Å²) in [5.74, 6) is 1.02. The lowest BCUT2D eigenvalue weighted by atomic mass is 10.4. The summed E-state index contributed by atoms with van der Waals surface area (Å²) in [7, 11) is 1.85. The average Bonchev–Trinajstić information content (AvgIpc) is 2.28. The summed E-state index contributed by atoms with van der Waals surface area (Å²) in [6.45, 7) is 1.50. The van der Waals surface area contributed by atoms with Crippen molar-refractivity contribution >= 4 is 0 Å². The molecular formula is C10H16N2O3. The summed E-state index contributed by atoms with van der Waals surface area (Å²) in [5, 5.41) is 11.6. The molecule has 0 bridgehead atoms. The zero-order chi connectivity index (χ0) is 10.9. The molecule has 0 fully saturated rings. The van der Waals surface area contributed by atoms with E-state index in [4.69, 9.17) is 14.6 Å². The standard InChI is InChI=1S/C10H16N2O3/c1-11-5-7-15-10-9(14-8-6-13)3-2-4-12-10/h2-4,11,13H,5-8H2,1H3. The van der Waals surface area contributed by atoms with E-state index in [1.54, 1.807) is 18.3 Å². The molecule has 0 spiro atoms. The first-order valence-corrected chi connectivity index (χ1v) is 4.84. The van der Waals surface area contributed by atoms with E-state index < -0.39 is 0 Å². The molecule has 0 aromatic carbocycles. The normalized spacial score (nSPS) is 10.0. The Morgan fingerprint density at radius 3 is 3.00 bits per heavy atom. The topological polar surface area (TPSA) is 63.6 Å². The number of aliphatic hydroxyl groups is 1. The number of ether oxygens (including phenoxy) is 2. The molecule has 84 valence electrons. The van der Waals surface area contributed by atoms with Crippen LogP contribution in [0.4, 0.5) is 0 Å². The second-order valence-corrected chi connectivity index (χ2v) is 2.83. The molecule has 2 N–H and O–H groups in total. The zero-order valence-electron chi connectivity index (χ0n) is 8.77. The van der Waals surface area contributed by atoms with Gasteiger partial charge in [0.15, 0.2) is 5.75 Å². The van der Waals surface area contributed by atoms with Crippen molar-refractivity contribution in [3.05, 3.63) is 18.3 Å². The second-order valence-electron chi connectivity index (χ2n) is 2.83. The Kier molecular flexibility index (Phi) is 5.50. The number of aromatic nitrogens is 1. The van der Waals surface area contributed by atoms with Gasteiger partial charge in [0.05, 0.1) is 6.61 Å². The van der Waals surface area contributed by atoms with Crippen LogP contribution < -0.4 is 14.8 Å². The number of aliphatic hydroxyl groups excluding tert-OH is 1. The molecular weight excluding hydrogens is 196 g/mol. The maximum absolute atomic E-state index is 8.64. The maximum Gasteiger partial charge on any atom is 0.257 e. The third-order valence-electron chi connectivity index (χ3n) is 1.68. The van der Waals surface area contributed by atoms with Gasteiger partial charge in [0.2, 0.25) is 0 Å². The molecule has 1 aromatic heterocycles. The summed E-state index contributed by atoms with van der Waals surface area (Å²) in [5.41, 5.74) is 0. The van der Waals surface area contributed by atoms with Gasteiger partial charge in [0, 0.05) is 12.7 Å². The minimum atomic E-state index is -0.0230. The monoisotopic (exact) mass is 212 g/mol. The summed E-state index contributed by atoms with van der Waals surface area (Å²) in [4.78, 5) is 4.05. The van der Waals surface area contributed by atoms with Crippen molar-refractivity contribution in [3.8, 4) is 11.6 Å². The van der Waals surface area contributed by atoms with Crippen LogP contribution in [0.5, 0.6) is 11.6 Å². The lowest BCUT2D eigenvalue weighted by Gasteiger charge is -2.10. The molecule has 0 aliphatic rings. The van der Waals surface area contributed by atoms with Gasteiger partial charge in [0.25, 0.3) is 5.88 Å². The van der Waals surface area contributed by atoms with Crippen molar-refractivity contribution in [2.45, 2.75) is 0 Å². The highest BCUT2D eigenvalue weighted by Crippen LogP contribution is 2.22. The van der Waals surface area contributed by atoms with E-state index >= 15 is 0 Å². The summed E-state index contributed by atoms with van der Waals surface area (Å²) >= 11 is 0. The SMILES string of the molecule is CNCCOc1ncccc1OCCO. The van der Waals surface area contributed by atoms with Crippen molar-refractivity contribution in [3.63, 3.8) is 0 Å². The summed E-state index contributed by atoms with van der Waals surface area (Å²) < 4.78 is 10.7. The number of hydrogen-bond acceptors (Lipinski definition) is 5. The van der Waals surface area contributed by atoms with Crippen LogP contribution in [-0.2, 0) is 0 Å². The van der Waals surface area contributed by atoms with Gasteiger partial charge in [-0.3, -0.25) is 0 Å². The van der Waals surface area contributed by atoms with Crippen LogP contribution >= 0.6 is 0 Å². The molecule has 0 saturated heterocycles. The van der Waals surface area contributed by atoms with Gasteiger partial charge >= 0.3 is 0 Å². The van der Waals surface area contributed by atoms with Crippen LogP contribution in [-0.4, -0.2) is 43.5 Å². The summed E-state index contributed by atoms with van der Waals surface area (Å²) in [6, 6.07) is 3.52. The number of nitrogens with one attached hydrogen (secondary N) is 1. The van der Waals surface area contributed by atoms with Gasteiger partial charge in [-0.2, -0.15) is 0 Å². The first-order chi connectivity index (χ1) is 7.38. The molecule has 5 heteroatoms. The largest absolute Gasteiger partial charge is 0.486 e. The van der Waals surface area contributed by atoms with Gasteiger partial charge in [-0.25, -0.2) is 4.98 Å². The van der Waals surface area contributed by atoms with Crippen LogP contribution in [0.2, 0.25) is 0 Å². The van der Waals surface area contributed by atoms with Gasteiger partial charge in [0.1, 0.15) is 13.2 Å². The highest BCUT2D eigenvalue weighted by atomic mass is 16.5. The number of nitrogens with zero attached hydrogens (tertiary/aromatic N) is 1. The highest BCUT2D eigenvalue weighted by molar-refractivity contribution is 5.32. The van der Waals surface area contributed by atoms with Crippen molar-refractivity contribution in [2.24, 2.45) is 0 Å². The Morgan fingerprint density at radius 1 is 1.40 bits per heavy atom. The molecule has 0 radical (unpaired) electrons. The molecule has 0 saturated carbocycles. The van der Waals surface area contributed by atoms with Crippen molar-refractivity contribution in [1.29, 1.82) is 0 Å². The van der Waals surface area contributed by atoms with Gasteiger partial charge in [-0.15, -0.1) is 0 Å². The van der Waals surface area contributed by atoms with E-state index in [0.717, 1.165) is 6.54 Å². The second kappa shape index (κ2) is 7.03. The van der Waals surface area contributed by atoms with Crippen LogP contribution in [0, 0.1) is 0 Å². The Balaban J connectivity index is 2.52. The zero-order valence-corrected chi connectivity index (χ0v) is 8.77. The van der Waals surface area contributed by atoms with Crippen LogP contribution in [0.1, 0.15) is 0 Å². The minimum Gasteiger partial charge on any atom is -0.486 e. The maximum atomic E-state index is 8.64. The molecule has 0 aliphatic carbocycles. The average molecular weight is 212 g/mol. The summed E-state index contributed by atoms with van der Waals surface area (Å²) in [6.07, 6.45) is 1.64. The van der Waals surface area contributed by atoms with Gasteiger partial charge < -0.3 is 19.9 Å². The fourth-order valence-corrected chi connectivity index (χ4v) is 1.000. The quantitative estimate of drug-likeness (QED) is 0.625. The Morgan fingerprint density at radius 2 is 2.27 bits per heavy atom. The Hall–Kier alpha value is -1.33. The predicted molar refractivity (Wildman–Crippen MR) is 56.2 cm³/mol. The Bertz CT molecular complexity index is 281. The molecule has 1 heterocycles. The predicted octanol–water partition coefficient (Wildman–Crippen LogP) is 0.0509. The molecule has 0 unspecified atom stereocenters. The van der Waals surface area contributed by atoms with Crippen LogP contribution in [0.25, 0.3) is 0 Å². The van der Waals surface area contributed by atoms with E-state index in [0.29, 0.717) is 18.2 Å². The number of pyridine rings is 1. The third-order valence-corrected chi connectivity index (χ3v) is 1.68. The lowest BCUT2D eigenvalue weighted by molar-refractivity contribution is 0.191. The van der Waals surface area contributed by atoms with E-state index in [1.165, 1.54) is 0 Å². The molecule has 0 atom stereocenters. The highest BCUT2D eigenvalue weighted by Gasteiger charge is 2.04. The molecule has 0 aliphatic heterocycles. The number of rotatable bonds is 7. The Labute approximate surface area is 89.0 Å². The third kappa shape index (κ3) is 4.14. The lowest BCUT2D eigenvalue weighted by Crippen LogP contribution is -2.16. The van der Waals surface area contributed by atoms with E-state index in [-0.39, 0.29) is 13.2 Å². The number of likely N-dealkylation sites (N-methyl/N-ethyl adjacent to an activating group) is 1. The van der Waals surface area contributed by atoms with Crippen LogP contribution in [0.3, 0.4) is 0 Å². The number of hydrogen-bond donors (Lipinski definition) is 2. The van der Waals surface area contributed by atoms with Gasteiger partial charge in [-0.05, 0) is 19.2 Å². The molecule has 5 nitrogen and oxygen atoms in total. The van der Waals surface area contributed by atoms with E-state index in [9.17, 15) is 0 Å². The minimum absolute atomic E-state index is 0.0230. The smallest absolute Gasteiger partial charge is 0.257 e. The van der Waals surface area contributed by atoms with Crippen molar-refractivity contribution in [1.82, 2.24) is 10.3 Å². The first kappa shape index (κ1) is 11.7. The molecule has 15 heavy (non-hydrogen) atoms. The molecule has 1 rings (SSSR count). The van der Waals surface area contributed by atoms with Gasteiger partial charge in [-0.1, -0.05) is 0 Å². The fourth-order valence-electron chi connectivity index (χ4n) is 1.000. The van der Waals surface area contributed by atoms with E-state index in [2.05, 4.69) is 10.3 Å². The van der Waals surface area contributed by atoms with Crippen LogP contribution in [0.15, 0.2) is 18.3 Å².